The molecule has 0 saturated carbocycles. The summed E-state index contributed by atoms with van der Waals surface area (Å²) in [5.41, 5.74) is -1.54. The van der Waals surface area contributed by atoms with E-state index in [0.717, 1.165) is 22.8 Å². The second-order valence-corrected chi connectivity index (χ2v) is 13.5. The zero-order valence-electron chi connectivity index (χ0n) is 28.3. The number of nitrogens with one attached hydrogen (secondary N) is 1. The number of methoxy groups -OCH3 is 1. The molecule has 1 unspecified atom stereocenters. The lowest BCUT2D eigenvalue weighted by Gasteiger charge is -2.39. The number of aromatic hydroxyl groups is 1. The maximum absolute atomic E-state index is 15.1. The summed E-state index contributed by atoms with van der Waals surface area (Å²) in [6, 6.07) is 3.79. The number of rotatable bonds is 6. The number of fused-ring (bicyclic) bond motifs is 3. The van der Waals surface area contributed by atoms with Crippen molar-refractivity contribution in [3.8, 4) is 23.0 Å². The molecular formula is C34H30ClF4N9O5. The van der Waals surface area contributed by atoms with Crippen LogP contribution in [0.1, 0.15) is 65.1 Å². The van der Waals surface area contributed by atoms with E-state index in [1.807, 2.05) is 6.92 Å². The summed E-state index contributed by atoms with van der Waals surface area (Å²) in [6.45, 7) is 3.38. The van der Waals surface area contributed by atoms with Crippen molar-refractivity contribution in [3.05, 3.63) is 86.2 Å². The number of hydrogen-bond acceptors (Lipinski definition) is 10. The molecule has 7 rings (SSSR count). The van der Waals surface area contributed by atoms with E-state index in [0.29, 0.717) is 36.6 Å². The fourth-order valence-electron chi connectivity index (χ4n) is 7.33. The van der Waals surface area contributed by atoms with Gasteiger partial charge in [-0.2, -0.15) is 22.7 Å². The molecule has 276 valence electrons. The molecule has 1 spiro atoms. The van der Waals surface area contributed by atoms with Crippen LogP contribution in [0.15, 0.2) is 41.6 Å². The molecule has 5 heterocycles. The van der Waals surface area contributed by atoms with Crippen LogP contribution in [0.2, 0.25) is 5.02 Å². The molecule has 2 N–H and O–H groups in total. The van der Waals surface area contributed by atoms with Crippen molar-refractivity contribution in [2.75, 3.05) is 25.5 Å². The standard InChI is InChI=1S/C34H30ClF4N9O5/c1-16-12-33(6-8-46(9-7-33)31(52)26-28(50)17(2)41-15-42-26)25-27(16)47(14-23(49)43-22-5-4-18(10-20(22)35)34(37,38)39)32-44-29(45-48(32)30(25)51)19-11-24(53-3)40-13-21(19)36/h4-5,10-11,13,15-16,50H,6-9,12,14H2,1-3H3,(H,43,49). The Morgan fingerprint density at radius 2 is 1.89 bits per heavy atom. The van der Waals surface area contributed by atoms with Gasteiger partial charge in [-0.3, -0.25) is 14.4 Å². The Hall–Kier alpha value is -5.65. The van der Waals surface area contributed by atoms with Gasteiger partial charge >= 0.3 is 6.18 Å². The third-order valence-electron chi connectivity index (χ3n) is 9.85. The van der Waals surface area contributed by atoms with Crippen LogP contribution in [0.4, 0.5) is 23.2 Å². The Labute approximate surface area is 302 Å². The van der Waals surface area contributed by atoms with E-state index in [9.17, 15) is 32.7 Å². The fraction of sp³-hybridized carbons (Fsp3) is 0.353. The molecule has 1 atom stereocenters. The van der Waals surface area contributed by atoms with Gasteiger partial charge in [0.2, 0.25) is 17.6 Å². The third kappa shape index (κ3) is 6.19. The summed E-state index contributed by atoms with van der Waals surface area (Å²) < 4.78 is 62.4. The average Bonchev–Trinajstić information content (AvgIpc) is 3.68. The van der Waals surface area contributed by atoms with Crippen LogP contribution in [0, 0.1) is 12.7 Å². The highest BCUT2D eigenvalue weighted by Gasteiger charge is 2.49. The monoisotopic (exact) mass is 755 g/mol. The van der Waals surface area contributed by atoms with Gasteiger partial charge in [-0.25, -0.2) is 19.3 Å². The maximum Gasteiger partial charge on any atom is 0.416 e. The molecule has 1 aromatic carbocycles. The van der Waals surface area contributed by atoms with Crippen LogP contribution in [0.5, 0.6) is 11.6 Å². The molecule has 0 bridgehead atoms. The number of hydrogen-bond donors (Lipinski definition) is 2. The van der Waals surface area contributed by atoms with E-state index in [2.05, 4.69) is 30.4 Å². The van der Waals surface area contributed by atoms with E-state index in [4.69, 9.17) is 16.3 Å². The summed E-state index contributed by atoms with van der Waals surface area (Å²) in [6.07, 6.45) is -1.38. The summed E-state index contributed by atoms with van der Waals surface area (Å²) in [5, 5.41) is 17.0. The molecule has 14 nitrogen and oxygen atoms in total. The van der Waals surface area contributed by atoms with E-state index < -0.39 is 46.9 Å². The highest BCUT2D eigenvalue weighted by Crippen LogP contribution is 2.50. The van der Waals surface area contributed by atoms with E-state index in [-0.39, 0.29) is 69.9 Å². The summed E-state index contributed by atoms with van der Waals surface area (Å²) >= 11 is 6.12. The van der Waals surface area contributed by atoms with Gasteiger partial charge in [-0.15, -0.1) is 5.10 Å². The first kappa shape index (κ1) is 35.7. The molecule has 4 aromatic heterocycles. The highest BCUT2D eigenvalue weighted by atomic mass is 35.5. The maximum atomic E-state index is 15.1. The van der Waals surface area contributed by atoms with Crippen molar-refractivity contribution in [2.45, 2.75) is 57.2 Å². The molecule has 2 aliphatic rings. The number of aryl methyl sites for hydroxylation is 1. The molecule has 0 radical (unpaired) electrons. The first-order chi connectivity index (χ1) is 25.1. The first-order valence-electron chi connectivity index (χ1n) is 16.3. The number of pyridine rings is 1. The van der Waals surface area contributed by atoms with Gasteiger partial charge < -0.3 is 24.6 Å². The number of benzene rings is 1. The zero-order chi connectivity index (χ0) is 38.0. The second-order valence-electron chi connectivity index (χ2n) is 13.1. The number of halogens is 5. The van der Waals surface area contributed by atoms with Crippen LogP contribution in [-0.4, -0.2) is 76.1 Å². The third-order valence-corrected chi connectivity index (χ3v) is 10.2. The SMILES string of the molecule is COc1cc(-c2nc3n(CC(=O)Nc4ccc(C(F)(F)F)cc4Cl)c4c(c(=O)n3n2)C2(CCN(C(=O)c3ncnc(C)c3O)CC2)CC4C)c(F)cn1. The van der Waals surface area contributed by atoms with Gasteiger partial charge in [-0.1, -0.05) is 18.5 Å². The Bertz CT molecular complexity index is 2370. The number of nitrogens with zero attached hydrogens (tertiary/aromatic N) is 8. The molecule has 5 aromatic rings. The minimum atomic E-state index is -4.65. The molecule has 53 heavy (non-hydrogen) atoms. The van der Waals surface area contributed by atoms with Crippen molar-refractivity contribution in [2.24, 2.45) is 0 Å². The van der Waals surface area contributed by atoms with E-state index in [1.165, 1.54) is 24.1 Å². The molecule has 19 heteroatoms. The molecular weight excluding hydrogens is 726 g/mol. The number of anilines is 1. The largest absolute Gasteiger partial charge is 0.504 e. The van der Waals surface area contributed by atoms with Crippen LogP contribution in [-0.2, 0) is 22.9 Å². The quantitative estimate of drug-likeness (QED) is 0.228. The fourth-order valence-corrected chi connectivity index (χ4v) is 7.56. The Kier molecular flexibility index (Phi) is 8.82. The number of amides is 2. The van der Waals surface area contributed by atoms with Crippen molar-refractivity contribution in [1.82, 2.24) is 39.0 Å². The van der Waals surface area contributed by atoms with E-state index in [1.54, 1.807) is 11.8 Å². The normalized spacial score (nSPS) is 16.6. The number of alkyl halides is 3. The average molecular weight is 756 g/mol. The first-order valence-corrected chi connectivity index (χ1v) is 16.7. The second kappa shape index (κ2) is 13.1. The number of aromatic nitrogens is 7. The lowest BCUT2D eigenvalue weighted by Crippen LogP contribution is -2.46. The highest BCUT2D eigenvalue weighted by molar-refractivity contribution is 6.33. The predicted molar refractivity (Wildman–Crippen MR) is 180 cm³/mol. The molecule has 1 aliphatic heterocycles. The Morgan fingerprint density at radius 1 is 1.15 bits per heavy atom. The Balaban J connectivity index is 1.30. The van der Waals surface area contributed by atoms with Crippen LogP contribution >= 0.6 is 11.6 Å². The van der Waals surface area contributed by atoms with Crippen LogP contribution in [0.25, 0.3) is 17.2 Å². The van der Waals surface area contributed by atoms with Crippen molar-refractivity contribution in [1.29, 1.82) is 0 Å². The lowest BCUT2D eigenvalue weighted by molar-refractivity contribution is -0.137. The number of carbonyl (C=O) groups excluding carboxylic acids is 2. The van der Waals surface area contributed by atoms with Gasteiger partial charge in [0.25, 0.3) is 11.5 Å². The molecule has 1 fully saturated rings. The van der Waals surface area contributed by atoms with E-state index >= 15 is 4.39 Å². The topological polar surface area (TPSA) is 170 Å². The van der Waals surface area contributed by atoms with Gasteiger partial charge in [-0.05, 0) is 50.3 Å². The lowest BCUT2D eigenvalue weighted by atomic mass is 9.73. The van der Waals surface area contributed by atoms with Crippen LogP contribution < -0.4 is 15.6 Å². The molecule has 1 saturated heterocycles. The summed E-state index contributed by atoms with van der Waals surface area (Å²) in [4.78, 5) is 59.3. The number of piperidine rings is 1. The molecule has 2 amide bonds. The number of ether oxygens (including phenoxy) is 1. The van der Waals surface area contributed by atoms with Crippen molar-refractivity contribution >= 4 is 34.9 Å². The van der Waals surface area contributed by atoms with Gasteiger partial charge in [0.05, 0.1) is 40.8 Å². The van der Waals surface area contributed by atoms with Gasteiger partial charge in [0.1, 0.15) is 12.9 Å². The Morgan fingerprint density at radius 3 is 2.57 bits per heavy atom. The summed E-state index contributed by atoms with van der Waals surface area (Å²) in [7, 11) is 1.34. The van der Waals surface area contributed by atoms with Crippen molar-refractivity contribution in [3.63, 3.8) is 0 Å². The smallest absolute Gasteiger partial charge is 0.416 e. The van der Waals surface area contributed by atoms with Gasteiger partial charge in [0, 0.05) is 35.8 Å². The van der Waals surface area contributed by atoms with Crippen molar-refractivity contribution < 1.29 is 37.0 Å². The number of likely N-dealkylation sites (tertiary alicyclic amines) is 1. The van der Waals surface area contributed by atoms with Gasteiger partial charge in [0.15, 0.2) is 23.1 Å². The number of carbonyl (C=O) groups is 2. The van der Waals surface area contributed by atoms with Crippen LogP contribution in [0.3, 0.4) is 0 Å². The minimum Gasteiger partial charge on any atom is -0.504 e. The minimum absolute atomic E-state index is 0.0603. The zero-order valence-corrected chi connectivity index (χ0v) is 29.1. The predicted octanol–water partition coefficient (Wildman–Crippen LogP) is 4.90. The molecule has 1 aliphatic carbocycles. The summed E-state index contributed by atoms with van der Waals surface area (Å²) in [5.74, 6) is -2.84.